The largest absolute Gasteiger partial charge is 0.339 e. The monoisotopic (exact) mass is 293 g/mol. The first kappa shape index (κ1) is 14.7. The molecule has 1 aromatic rings. The number of piperazine rings is 1. The Morgan fingerprint density at radius 1 is 1.10 bits per heavy atom. The predicted molar refractivity (Wildman–Crippen MR) is 81.1 cm³/mol. The number of benzene rings is 1. The predicted octanol–water partition coefficient (Wildman–Crippen LogP) is 2.10. The van der Waals surface area contributed by atoms with Crippen LogP contribution in [0.2, 0.25) is 0 Å². The minimum absolute atomic E-state index is 0.0674. The van der Waals surface area contributed by atoms with Crippen molar-refractivity contribution >= 4 is 29.4 Å². The Kier molecular flexibility index (Phi) is 4.89. The van der Waals surface area contributed by atoms with Crippen molar-refractivity contribution in [1.82, 2.24) is 9.80 Å². The number of urea groups is 1. The fourth-order valence-corrected chi connectivity index (χ4v) is 2.72. The first-order valence-corrected chi connectivity index (χ1v) is 7.78. The van der Waals surface area contributed by atoms with Gasteiger partial charge < -0.3 is 15.1 Å². The van der Waals surface area contributed by atoms with E-state index in [4.69, 9.17) is 0 Å². The van der Waals surface area contributed by atoms with Gasteiger partial charge in [0.1, 0.15) is 0 Å². The van der Waals surface area contributed by atoms with E-state index in [-0.39, 0.29) is 11.9 Å². The third kappa shape index (κ3) is 3.45. The lowest BCUT2D eigenvalue weighted by Crippen LogP contribution is -2.51. The van der Waals surface area contributed by atoms with Crippen molar-refractivity contribution < 1.29 is 9.59 Å². The van der Waals surface area contributed by atoms with Crippen molar-refractivity contribution in [3.8, 4) is 0 Å². The van der Waals surface area contributed by atoms with Gasteiger partial charge in [0.2, 0.25) is 5.91 Å². The second kappa shape index (κ2) is 6.65. The van der Waals surface area contributed by atoms with Crippen molar-refractivity contribution in [3.05, 3.63) is 24.3 Å². The van der Waals surface area contributed by atoms with Crippen LogP contribution in [0.1, 0.15) is 6.92 Å². The van der Waals surface area contributed by atoms with Crippen molar-refractivity contribution in [2.45, 2.75) is 11.8 Å². The molecule has 1 N–H and O–H groups in total. The second-order valence-corrected chi connectivity index (χ2v) is 5.47. The third-order valence-corrected chi connectivity index (χ3v) is 4.16. The SMILES string of the molecule is CSc1ccccc1NC(=O)N1CCN(C(C)=O)CC1. The van der Waals surface area contributed by atoms with Crippen LogP contribution < -0.4 is 5.32 Å². The number of nitrogens with zero attached hydrogens (tertiary/aromatic N) is 2. The quantitative estimate of drug-likeness (QED) is 0.850. The summed E-state index contributed by atoms with van der Waals surface area (Å²) in [7, 11) is 0. The molecule has 3 amide bonds. The van der Waals surface area contributed by atoms with Crippen LogP contribution in [0.3, 0.4) is 0 Å². The summed E-state index contributed by atoms with van der Waals surface area (Å²) in [5.41, 5.74) is 0.832. The van der Waals surface area contributed by atoms with E-state index in [2.05, 4.69) is 5.32 Å². The van der Waals surface area contributed by atoms with Gasteiger partial charge in [-0.25, -0.2) is 4.79 Å². The van der Waals surface area contributed by atoms with Gasteiger partial charge in [-0.2, -0.15) is 0 Å². The number of para-hydroxylation sites is 1. The summed E-state index contributed by atoms with van der Waals surface area (Å²) in [6, 6.07) is 7.63. The smallest absolute Gasteiger partial charge is 0.321 e. The topological polar surface area (TPSA) is 52.7 Å². The third-order valence-electron chi connectivity index (χ3n) is 3.36. The summed E-state index contributed by atoms with van der Waals surface area (Å²) in [5.74, 6) is 0.0674. The molecular weight excluding hydrogens is 274 g/mol. The van der Waals surface area contributed by atoms with Gasteiger partial charge >= 0.3 is 6.03 Å². The van der Waals surface area contributed by atoms with Gasteiger partial charge in [0.25, 0.3) is 0 Å². The average molecular weight is 293 g/mol. The lowest BCUT2D eigenvalue weighted by Gasteiger charge is -2.34. The fraction of sp³-hybridized carbons (Fsp3) is 0.429. The van der Waals surface area contributed by atoms with Crippen LogP contribution in [-0.4, -0.2) is 54.2 Å². The molecule has 1 aliphatic rings. The molecule has 20 heavy (non-hydrogen) atoms. The van der Waals surface area contributed by atoms with Gasteiger partial charge in [-0.3, -0.25) is 4.79 Å². The molecule has 0 saturated carbocycles. The van der Waals surface area contributed by atoms with E-state index in [1.54, 1.807) is 28.5 Å². The van der Waals surface area contributed by atoms with E-state index in [0.717, 1.165) is 10.6 Å². The first-order chi connectivity index (χ1) is 9.61. The maximum atomic E-state index is 12.2. The zero-order valence-electron chi connectivity index (χ0n) is 11.8. The molecule has 0 spiro atoms. The number of hydrogen-bond acceptors (Lipinski definition) is 3. The van der Waals surface area contributed by atoms with E-state index in [9.17, 15) is 9.59 Å². The Morgan fingerprint density at radius 3 is 2.30 bits per heavy atom. The van der Waals surface area contributed by atoms with Gasteiger partial charge in [-0.15, -0.1) is 11.8 Å². The molecule has 1 aromatic carbocycles. The maximum absolute atomic E-state index is 12.2. The molecule has 6 heteroatoms. The number of nitrogens with one attached hydrogen (secondary N) is 1. The number of carbonyl (C=O) groups excluding carboxylic acids is 2. The molecule has 1 aliphatic heterocycles. The van der Waals surface area contributed by atoms with Gasteiger partial charge in [-0.05, 0) is 18.4 Å². The van der Waals surface area contributed by atoms with E-state index < -0.39 is 0 Å². The minimum Gasteiger partial charge on any atom is -0.339 e. The van der Waals surface area contributed by atoms with E-state index in [1.165, 1.54) is 0 Å². The summed E-state index contributed by atoms with van der Waals surface area (Å²) >= 11 is 1.60. The zero-order chi connectivity index (χ0) is 14.5. The maximum Gasteiger partial charge on any atom is 0.321 e. The summed E-state index contributed by atoms with van der Waals surface area (Å²) in [6.07, 6.45) is 1.98. The first-order valence-electron chi connectivity index (χ1n) is 6.56. The molecule has 0 aliphatic carbocycles. The summed E-state index contributed by atoms with van der Waals surface area (Å²) in [6.45, 7) is 3.92. The van der Waals surface area contributed by atoms with Gasteiger partial charge in [0.15, 0.2) is 0 Å². The Balaban J connectivity index is 1.94. The molecule has 0 aromatic heterocycles. The Bertz CT molecular complexity index is 499. The Morgan fingerprint density at radius 2 is 1.70 bits per heavy atom. The van der Waals surface area contributed by atoms with Crippen LogP contribution in [-0.2, 0) is 4.79 Å². The molecule has 0 radical (unpaired) electrons. The molecule has 1 heterocycles. The van der Waals surface area contributed by atoms with Crippen LogP contribution >= 0.6 is 11.8 Å². The van der Waals surface area contributed by atoms with Crippen LogP contribution in [0.15, 0.2) is 29.2 Å². The number of hydrogen-bond donors (Lipinski definition) is 1. The van der Waals surface area contributed by atoms with Gasteiger partial charge in [0, 0.05) is 38.0 Å². The van der Waals surface area contributed by atoms with Crippen LogP contribution in [0, 0.1) is 0 Å². The van der Waals surface area contributed by atoms with Crippen molar-refractivity contribution in [2.75, 3.05) is 37.8 Å². The molecule has 108 valence electrons. The molecule has 1 fully saturated rings. The van der Waals surface area contributed by atoms with Crippen molar-refractivity contribution in [1.29, 1.82) is 0 Å². The highest BCUT2D eigenvalue weighted by atomic mass is 32.2. The van der Waals surface area contributed by atoms with Crippen LogP contribution in [0.4, 0.5) is 10.5 Å². The summed E-state index contributed by atoms with van der Waals surface area (Å²) < 4.78 is 0. The zero-order valence-corrected chi connectivity index (χ0v) is 12.6. The molecule has 5 nitrogen and oxygen atoms in total. The second-order valence-electron chi connectivity index (χ2n) is 4.62. The number of rotatable bonds is 2. The molecule has 2 rings (SSSR count). The van der Waals surface area contributed by atoms with Crippen LogP contribution in [0.25, 0.3) is 0 Å². The van der Waals surface area contributed by atoms with E-state index in [0.29, 0.717) is 26.2 Å². The number of amides is 3. The van der Waals surface area contributed by atoms with Crippen LogP contribution in [0.5, 0.6) is 0 Å². The minimum atomic E-state index is -0.102. The normalized spacial score (nSPS) is 15.1. The molecule has 0 bridgehead atoms. The molecule has 1 saturated heterocycles. The summed E-state index contributed by atoms with van der Waals surface area (Å²) in [5, 5.41) is 2.94. The average Bonchev–Trinajstić information content (AvgIpc) is 2.48. The van der Waals surface area contributed by atoms with E-state index in [1.807, 2.05) is 30.5 Å². The molecule has 0 atom stereocenters. The van der Waals surface area contributed by atoms with Gasteiger partial charge in [-0.1, -0.05) is 12.1 Å². The van der Waals surface area contributed by atoms with Crippen molar-refractivity contribution in [3.63, 3.8) is 0 Å². The van der Waals surface area contributed by atoms with E-state index >= 15 is 0 Å². The standard InChI is InChI=1S/C14H19N3O2S/c1-11(18)16-7-9-17(10-8-16)14(19)15-12-5-3-4-6-13(12)20-2/h3-6H,7-10H2,1-2H3,(H,15,19). The summed E-state index contributed by atoms with van der Waals surface area (Å²) in [4.78, 5) is 28.0. The highest BCUT2D eigenvalue weighted by Crippen LogP contribution is 2.24. The Hall–Kier alpha value is -1.69. The lowest BCUT2D eigenvalue weighted by atomic mass is 10.3. The lowest BCUT2D eigenvalue weighted by molar-refractivity contribution is -0.130. The molecule has 0 unspecified atom stereocenters. The van der Waals surface area contributed by atoms with Gasteiger partial charge in [0.05, 0.1) is 5.69 Å². The molecular formula is C14H19N3O2S. The highest BCUT2D eigenvalue weighted by molar-refractivity contribution is 7.98. The number of anilines is 1. The number of thioether (sulfide) groups is 1. The fourth-order valence-electron chi connectivity index (χ4n) is 2.17. The Labute approximate surface area is 123 Å². The highest BCUT2D eigenvalue weighted by Gasteiger charge is 2.22. The number of carbonyl (C=O) groups is 2. The van der Waals surface area contributed by atoms with Crippen molar-refractivity contribution in [2.24, 2.45) is 0 Å².